The number of halogens is 1. The lowest BCUT2D eigenvalue weighted by Crippen LogP contribution is -2.26. The summed E-state index contributed by atoms with van der Waals surface area (Å²) in [6.45, 7) is 2.10. The Hall–Kier alpha value is -1.70. The highest BCUT2D eigenvalue weighted by Gasteiger charge is 2.39. The first-order chi connectivity index (χ1) is 8.91. The van der Waals surface area contributed by atoms with Gasteiger partial charge in [-0.15, -0.1) is 3.89 Å². The molecule has 19 heavy (non-hydrogen) atoms. The Bertz CT molecular complexity index is 573. The van der Waals surface area contributed by atoms with E-state index in [9.17, 15) is 17.1 Å². The van der Waals surface area contributed by atoms with Crippen LogP contribution in [-0.4, -0.2) is 37.7 Å². The molecule has 2 heterocycles. The molecule has 1 unspecified atom stereocenters. The summed E-state index contributed by atoms with van der Waals surface area (Å²) in [5, 5.41) is -1.30. The molecule has 0 aromatic carbocycles. The smallest absolute Gasteiger partial charge is 0.307 e. The molecule has 1 aromatic heterocycles. The van der Waals surface area contributed by atoms with Crippen LogP contribution in [0.2, 0.25) is 0 Å². The van der Waals surface area contributed by atoms with Crippen LogP contribution >= 0.6 is 0 Å². The Morgan fingerprint density at radius 1 is 1.53 bits per heavy atom. The molecular weight excluding hydrogens is 275 g/mol. The van der Waals surface area contributed by atoms with Gasteiger partial charge in [-0.1, -0.05) is 0 Å². The summed E-state index contributed by atoms with van der Waals surface area (Å²) >= 11 is 0. The predicted octanol–water partition coefficient (Wildman–Crippen LogP) is 0.885. The molecule has 0 N–H and O–H groups in total. The zero-order valence-electron chi connectivity index (χ0n) is 10.2. The van der Waals surface area contributed by atoms with E-state index in [1.165, 1.54) is 11.1 Å². The van der Waals surface area contributed by atoms with Crippen LogP contribution in [0.15, 0.2) is 18.3 Å². The molecule has 104 valence electrons. The van der Waals surface area contributed by atoms with Gasteiger partial charge >= 0.3 is 10.2 Å². The molecule has 0 saturated carbocycles. The first-order valence-electron chi connectivity index (χ1n) is 5.74. The molecule has 6 nitrogen and oxygen atoms in total. The number of anilines is 1. The summed E-state index contributed by atoms with van der Waals surface area (Å²) < 4.78 is 39.7. The molecule has 0 spiro atoms. The van der Waals surface area contributed by atoms with Crippen molar-refractivity contribution in [2.75, 3.05) is 18.1 Å². The highest BCUT2D eigenvalue weighted by Crippen LogP contribution is 2.26. The molecule has 1 aliphatic rings. The monoisotopic (exact) mass is 288 g/mol. The van der Waals surface area contributed by atoms with E-state index in [0.29, 0.717) is 18.2 Å². The molecular formula is C11H13FN2O4S. The maximum absolute atomic E-state index is 12.9. The van der Waals surface area contributed by atoms with Crippen LogP contribution in [0.4, 0.5) is 9.57 Å². The van der Waals surface area contributed by atoms with Crippen molar-refractivity contribution in [3.05, 3.63) is 18.3 Å². The van der Waals surface area contributed by atoms with Crippen LogP contribution in [0.3, 0.4) is 0 Å². The maximum atomic E-state index is 12.9. The van der Waals surface area contributed by atoms with Crippen molar-refractivity contribution in [3.8, 4) is 5.88 Å². The SMILES string of the molecule is CCOc1ccc(N2CC(S(=O)(=O)F)CC2=O)cn1. The highest BCUT2D eigenvalue weighted by molar-refractivity contribution is 7.87. The van der Waals surface area contributed by atoms with Crippen LogP contribution in [0.25, 0.3) is 0 Å². The molecule has 1 aromatic rings. The van der Waals surface area contributed by atoms with Gasteiger partial charge in [-0.05, 0) is 13.0 Å². The topological polar surface area (TPSA) is 76.6 Å². The minimum Gasteiger partial charge on any atom is -0.478 e. The van der Waals surface area contributed by atoms with Gasteiger partial charge in [0.05, 0.1) is 18.5 Å². The summed E-state index contributed by atoms with van der Waals surface area (Å²) in [6, 6.07) is 3.16. The minimum absolute atomic E-state index is 0.187. The summed E-state index contributed by atoms with van der Waals surface area (Å²) in [6.07, 6.45) is 1.06. The lowest BCUT2D eigenvalue weighted by molar-refractivity contribution is -0.117. The number of carbonyl (C=O) groups is 1. The summed E-state index contributed by atoms with van der Waals surface area (Å²) in [7, 11) is -4.70. The van der Waals surface area contributed by atoms with Crippen molar-refractivity contribution in [2.45, 2.75) is 18.6 Å². The van der Waals surface area contributed by atoms with Crippen LogP contribution in [-0.2, 0) is 15.0 Å². The second kappa shape index (κ2) is 5.12. The van der Waals surface area contributed by atoms with Gasteiger partial charge in [-0.25, -0.2) is 4.98 Å². The van der Waals surface area contributed by atoms with Crippen LogP contribution in [0, 0.1) is 0 Å². The van der Waals surface area contributed by atoms with Crippen molar-refractivity contribution < 1.29 is 21.8 Å². The zero-order valence-corrected chi connectivity index (χ0v) is 11.1. The number of hydrogen-bond acceptors (Lipinski definition) is 5. The van der Waals surface area contributed by atoms with Crippen molar-refractivity contribution in [2.24, 2.45) is 0 Å². The van der Waals surface area contributed by atoms with Crippen molar-refractivity contribution in [1.82, 2.24) is 4.98 Å². The van der Waals surface area contributed by atoms with Gasteiger partial charge in [0.1, 0.15) is 5.25 Å². The lowest BCUT2D eigenvalue weighted by Gasteiger charge is -2.15. The van der Waals surface area contributed by atoms with E-state index in [0.717, 1.165) is 0 Å². The Labute approximate surface area is 110 Å². The van der Waals surface area contributed by atoms with Gasteiger partial charge in [0.15, 0.2) is 0 Å². The van der Waals surface area contributed by atoms with E-state index in [-0.39, 0.29) is 13.0 Å². The fourth-order valence-corrected chi connectivity index (χ4v) is 2.55. The number of ether oxygens (including phenoxy) is 1. The number of nitrogens with zero attached hydrogens (tertiary/aromatic N) is 2. The molecule has 0 radical (unpaired) electrons. The maximum Gasteiger partial charge on any atom is 0.307 e. The van der Waals surface area contributed by atoms with Crippen LogP contribution < -0.4 is 9.64 Å². The highest BCUT2D eigenvalue weighted by atomic mass is 32.3. The molecule has 8 heteroatoms. The molecule has 1 fully saturated rings. The van der Waals surface area contributed by atoms with E-state index in [1.54, 1.807) is 12.1 Å². The van der Waals surface area contributed by atoms with Crippen LogP contribution in [0.5, 0.6) is 5.88 Å². The predicted molar refractivity (Wildman–Crippen MR) is 66.2 cm³/mol. The first kappa shape index (κ1) is 13.7. The number of aromatic nitrogens is 1. The second-order valence-electron chi connectivity index (χ2n) is 4.09. The third-order valence-corrected chi connectivity index (χ3v) is 3.92. The normalized spacial score (nSPS) is 19.8. The molecule has 1 atom stereocenters. The quantitative estimate of drug-likeness (QED) is 0.769. The second-order valence-corrected chi connectivity index (χ2v) is 5.71. The molecule has 0 aliphatic carbocycles. The fourth-order valence-electron chi connectivity index (χ4n) is 1.88. The van der Waals surface area contributed by atoms with Gasteiger partial charge < -0.3 is 9.64 Å². The van der Waals surface area contributed by atoms with Gasteiger partial charge in [0, 0.05) is 19.0 Å². The molecule has 0 bridgehead atoms. The Balaban J connectivity index is 2.16. The largest absolute Gasteiger partial charge is 0.478 e. The van der Waals surface area contributed by atoms with E-state index < -0.39 is 21.4 Å². The van der Waals surface area contributed by atoms with Gasteiger partial charge in [-0.3, -0.25) is 4.79 Å². The number of pyridine rings is 1. The van der Waals surface area contributed by atoms with E-state index in [1.807, 2.05) is 6.92 Å². The summed E-state index contributed by atoms with van der Waals surface area (Å²) in [5.74, 6) is -0.0234. The van der Waals surface area contributed by atoms with Crippen LogP contribution in [0.1, 0.15) is 13.3 Å². The standard InChI is InChI=1S/C11H13FN2O4S/c1-2-18-10-4-3-8(6-13-10)14-7-9(5-11(14)15)19(12,16)17/h3-4,6,9H,2,5,7H2,1H3. The Morgan fingerprint density at radius 2 is 2.26 bits per heavy atom. The lowest BCUT2D eigenvalue weighted by atomic mass is 10.4. The van der Waals surface area contributed by atoms with Crippen molar-refractivity contribution >= 4 is 21.8 Å². The fraction of sp³-hybridized carbons (Fsp3) is 0.455. The summed E-state index contributed by atoms with van der Waals surface area (Å²) in [4.78, 5) is 16.9. The molecule has 1 aliphatic heterocycles. The average Bonchev–Trinajstić information content (AvgIpc) is 2.73. The van der Waals surface area contributed by atoms with Crippen molar-refractivity contribution in [3.63, 3.8) is 0 Å². The van der Waals surface area contributed by atoms with E-state index in [2.05, 4.69) is 4.98 Å². The van der Waals surface area contributed by atoms with Gasteiger partial charge in [0.2, 0.25) is 11.8 Å². The average molecular weight is 288 g/mol. The zero-order chi connectivity index (χ0) is 14.0. The Morgan fingerprint density at radius 3 is 2.74 bits per heavy atom. The molecule has 1 amide bonds. The Kier molecular flexibility index (Phi) is 3.70. The molecule has 1 saturated heterocycles. The number of carbonyl (C=O) groups excluding carboxylic acids is 1. The van der Waals surface area contributed by atoms with Gasteiger partial charge in [0.25, 0.3) is 0 Å². The molecule has 2 rings (SSSR count). The number of hydrogen-bond donors (Lipinski definition) is 0. The first-order valence-corrected chi connectivity index (χ1v) is 7.19. The van der Waals surface area contributed by atoms with E-state index in [4.69, 9.17) is 4.74 Å². The van der Waals surface area contributed by atoms with E-state index >= 15 is 0 Å². The number of amides is 1. The number of rotatable bonds is 4. The minimum atomic E-state index is -4.70. The van der Waals surface area contributed by atoms with Crippen molar-refractivity contribution in [1.29, 1.82) is 0 Å². The van der Waals surface area contributed by atoms with Gasteiger partial charge in [-0.2, -0.15) is 8.42 Å². The summed E-state index contributed by atoms with van der Waals surface area (Å²) in [5.41, 5.74) is 0.430. The third kappa shape index (κ3) is 3.01. The third-order valence-electron chi connectivity index (χ3n) is 2.81.